The number of esters is 1. The first-order valence-electron chi connectivity index (χ1n) is 13.4. The van der Waals surface area contributed by atoms with Crippen LogP contribution < -0.4 is 10.6 Å². The summed E-state index contributed by atoms with van der Waals surface area (Å²) in [5.74, 6) is -0.00173. The fraction of sp³-hybridized carbons (Fsp3) is 0.692. The number of amides is 2. The zero-order chi connectivity index (χ0) is 27.4. The van der Waals surface area contributed by atoms with Crippen molar-refractivity contribution in [1.29, 1.82) is 0 Å². The van der Waals surface area contributed by atoms with Gasteiger partial charge in [-0.1, -0.05) is 44.4 Å². The number of aromatic nitrogens is 1. The molecule has 0 saturated carbocycles. The van der Waals surface area contributed by atoms with Crippen molar-refractivity contribution >= 4 is 62.8 Å². The van der Waals surface area contributed by atoms with Gasteiger partial charge in [-0.25, -0.2) is 4.98 Å². The monoisotopic (exact) mass is 582 g/mol. The SMILES string of the molecule is CCCCCCCC(=O)SCCCC[C@@H]1CC(=O)NCc2nc(cs2)C2=N[C@@](C)(CS2)C(=O)NCC(=O)O1. The van der Waals surface area contributed by atoms with E-state index in [9.17, 15) is 19.2 Å². The zero-order valence-electron chi connectivity index (χ0n) is 22.2. The fourth-order valence-electron chi connectivity index (χ4n) is 4.07. The lowest BCUT2D eigenvalue weighted by Gasteiger charge is -2.20. The average molecular weight is 583 g/mol. The van der Waals surface area contributed by atoms with Crippen molar-refractivity contribution in [2.75, 3.05) is 18.1 Å². The summed E-state index contributed by atoms with van der Waals surface area (Å²) in [5, 5.41) is 9.02. The third-order valence-electron chi connectivity index (χ3n) is 6.31. The summed E-state index contributed by atoms with van der Waals surface area (Å²) in [6.07, 6.45) is 7.69. The minimum absolute atomic E-state index is 0.0298. The number of carbonyl (C=O) groups excluding carboxylic acids is 4. The highest BCUT2D eigenvalue weighted by Gasteiger charge is 2.39. The van der Waals surface area contributed by atoms with E-state index in [0.29, 0.717) is 35.1 Å². The minimum Gasteiger partial charge on any atom is -0.461 e. The lowest BCUT2D eigenvalue weighted by atomic mass is 10.1. The largest absolute Gasteiger partial charge is 0.461 e. The normalized spacial score (nSPS) is 22.4. The molecule has 38 heavy (non-hydrogen) atoms. The Hall–Kier alpha value is -1.92. The van der Waals surface area contributed by atoms with Gasteiger partial charge >= 0.3 is 5.97 Å². The molecule has 1 aromatic heterocycles. The van der Waals surface area contributed by atoms with Crippen molar-refractivity contribution in [3.05, 3.63) is 16.1 Å². The van der Waals surface area contributed by atoms with Gasteiger partial charge in [0.25, 0.3) is 0 Å². The van der Waals surface area contributed by atoms with Crippen LogP contribution in [0.5, 0.6) is 0 Å². The van der Waals surface area contributed by atoms with E-state index in [-0.39, 0.29) is 36.4 Å². The Morgan fingerprint density at radius 2 is 1.95 bits per heavy atom. The quantitative estimate of drug-likeness (QED) is 0.293. The summed E-state index contributed by atoms with van der Waals surface area (Å²) in [6, 6.07) is 0. The van der Waals surface area contributed by atoms with Gasteiger partial charge < -0.3 is 15.4 Å². The predicted molar refractivity (Wildman–Crippen MR) is 154 cm³/mol. The van der Waals surface area contributed by atoms with Crippen LogP contribution >= 0.6 is 34.9 Å². The van der Waals surface area contributed by atoms with Crippen LogP contribution in [-0.4, -0.2) is 62.6 Å². The Morgan fingerprint density at radius 1 is 1.13 bits per heavy atom. The maximum absolute atomic E-state index is 12.8. The number of hydrogen-bond acceptors (Lipinski definition) is 10. The number of hydrogen-bond donors (Lipinski definition) is 2. The second kappa shape index (κ2) is 15.6. The Balaban J connectivity index is 1.50. The molecule has 3 heterocycles. The number of nitrogens with one attached hydrogen (secondary N) is 2. The van der Waals surface area contributed by atoms with Gasteiger partial charge in [-0.05, 0) is 32.6 Å². The van der Waals surface area contributed by atoms with Crippen molar-refractivity contribution in [3.8, 4) is 0 Å². The molecule has 3 rings (SSSR count). The Morgan fingerprint density at radius 3 is 2.76 bits per heavy atom. The van der Waals surface area contributed by atoms with E-state index in [1.54, 1.807) is 6.92 Å². The molecule has 2 N–H and O–H groups in total. The molecular weight excluding hydrogens is 545 g/mol. The molecule has 0 spiro atoms. The summed E-state index contributed by atoms with van der Waals surface area (Å²) < 4.78 is 5.58. The lowest BCUT2D eigenvalue weighted by Crippen LogP contribution is -2.46. The number of carbonyl (C=O) groups is 4. The molecule has 0 aliphatic carbocycles. The third kappa shape index (κ3) is 10.00. The van der Waals surface area contributed by atoms with Gasteiger partial charge in [-0.3, -0.25) is 24.2 Å². The number of nitrogens with zero attached hydrogens (tertiary/aromatic N) is 2. The van der Waals surface area contributed by atoms with Gasteiger partial charge in [0.2, 0.25) is 11.8 Å². The van der Waals surface area contributed by atoms with Crippen LogP contribution in [0.3, 0.4) is 0 Å². The number of thioether (sulfide) groups is 2. The summed E-state index contributed by atoms with van der Waals surface area (Å²) in [6.45, 7) is 3.90. The van der Waals surface area contributed by atoms with Crippen molar-refractivity contribution in [3.63, 3.8) is 0 Å². The van der Waals surface area contributed by atoms with Gasteiger partial charge in [0.05, 0.1) is 13.0 Å². The number of thiazole rings is 1. The zero-order valence-corrected chi connectivity index (χ0v) is 24.7. The van der Waals surface area contributed by atoms with Crippen LogP contribution in [0.2, 0.25) is 0 Å². The molecular formula is C26H38N4O5S3. The molecule has 2 aliphatic heterocycles. The molecule has 0 unspecified atom stereocenters. The molecule has 4 bridgehead atoms. The van der Waals surface area contributed by atoms with Crippen molar-refractivity contribution in [1.82, 2.24) is 15.6 Å². The molecule has 2 amide bonds. The number of rotatable bonds is 11. The van der Waals surface area contributed by atoms with Crippen molar-refractivity contribution in [2.45, 2.75) is 96.2 Å². The standard InChI is InChI=1S/C26H38N4O5S3/c1-3-4-5-6-7-11-23(33)36-12-9-8-10-18-13-20(31)27-14-21-29-19(16-37-21)24-30-26(2,17-38-24)25(34)28-15-22(32)35-18/h16,18H,3-15,17H2,1-2H3,(H,27,31)(H,28,34)/t18-,26+/m1/s1. The Bertz CT molecular complexity index is 1010. The van der Waals surface area contributed by atoms with E-state index in [1.165, 1.54) is 54.1 Å². The molecule has 0 aromatic carbocycles. The summed E-state index contributed by atoms with van der Waals surface area (Å²) in [5.41, 5.74) is -0.294. The van der Waals surface area contributed by atoms with E-state index in [1.807, 2.05) is 5.38 Å². The molecule has 2 atom stereocenters. The number of unbranched alkanes of at least 4 members (excludes halogenated alkanes) is 5. The van der Waals surface area contributed by atoms with E-state index < -0.39 is 17.6 Å². The third-order valence-corrected chi connectivity index (χ3v) is 9.46. The average Bonchev–Trinajstić information content (AvgIpc) is 3.52. The first-order valence-corrected chi connectivity index (χ1v) is 16.2. The molecule has 0 radical (unpaired) electrons. The summed E-state index contributed by atoms with van der Waals surface area (Å²) in [4.78, 5) is 59.1. The summed E-state index contributed by atoms with van der Waals surface area (Å²) in [7, 11) is 0. The van der Waals surface area contributed by atoms with Gasteiger partial charge in [0.15, 0.2) is 5.12 Å². The van der Waals surface area contributed by atoms with Gasteiger partial charge in [0, 0.05) is 23.3 Å². The van der Waals surface area contributed by atoms with Crippen LogP contribution in [0.1, 0.15) is 88.8 Å². The topological polar surface area (TPSA) is 127 Å². The van der Waals surface area contributed by atoms with Crippen molar-refractivity contribution in [2.24, 2.45) is 4.99 Å². The summed E-state index contributed by atoms with van der Waals surface area (Å²) >= 11 is 4.23. The molecule has 0 saturated heterocycles. The number of ether oxygens (including phenoxy) is 1. The number of aliphatic imine (C=N–C) groups is 1. The highest BCUT2D eigenvalue weighted by molar-refractivity contribution is 8.14. The van der Waals surface area contributed by atoms with Crippen LogP contribution in [0.15, 0.2) is 10.4 Å². The lowest BCUT2D eigenvalue weighted by molar-refractivity contribution is -0.151. The van der Waals surface area contributed by atoms with Crippen LogP contribution in [0.25, 0.3) is 0 Å². The maximum Gasteiger partial charge on any atom is 0.325 e. The fourth-order valence-corrected chi connectivity index (χ4v) is 6.86. The molecule has 9 nitrogen and oxygen atoms in total. The molecule has 0 fully saturated rings. The molecule has 210 valence electrons. The highest BCUT2D eigenvalue weighted by atomic mass is 32.2. The van der Waals surface area contributed by atoms with Gasteiger partial charge in [-0.15, -0.1) is 23.1 Å². The molecule has 2 aliphatic rings. The van der Waals surface area contributed by atoms with E-state index in [2.05, 4.69) is 27.5 Å². The highest BCUT2D eigenvalue weighted by Crippen LogP contribution is 2.31. The van der Waals surface area contributed by atoms with Crippen LogP contribution in [0.4, 0.5) is 0 Å². The van der Waals surface area contributed by atoms with E-state index in [0.717, 1.165) is 30.7 Å². The maximum atomic E-state index is 12.8. The van der Waals surface area contributed by atoms with Gasteiger partial charge in [0.1, 0.15) is 33.9 Å². The van der Waals surface area contributed by atoms with E-state index in [4.69, 9.17) is 4.74 Å². The second-order valence-corrected chi connectivity index (χ2v) is 12.8. The van der Waals surface area contributed by atoms with E-state index >= 15 is 0 Å². The van der Waals surface area contributed by atoms with Crippen LogP contribution in [0, 0.1) is 0 Å². The predicted octanol–water partition coefficient (Wildman–Crippen LogP) is 4.23. The van der Waals surface area contributed by atoms with Gasteiger partial charge in [-0.2, -0.15) is 0 Å². The first kappa shape index (κ1) is 30.6. The number of fused-ring (bicyclic) bond motifs is 4. The second-order valence-electron chi connectivity index (χ2n) is 9.76. The van der Waals surface area contributed by atoms with Crippen molar-refractivity contribution < 1.29 is 23.9 Å². The molecule has 1 aromatic rings. The smallest absolute Gasteiger partial charge is 0.325 e. The number of cyclic esters (lactones) is 1. The minimum atomic E-state index is -0.987. The Kier molecular flexibility index (Phi) is 12.6. The first-order chi connectivity index (χ1) is 18.3. The van der Waals surface area contributed by atoms with Crippen LogP contribution in [-0.2, 0) is 30.5 Å². The molecule has 12 heteroatoms. The Labute approximate surface area is 237 Å².